The molecule has 1 atom stereocenters. The van der Waals surface area contributed by atoms with Gasteiger partial charge in [-0.25, -0.2) is 0 Å². The van der Waals surface area contributed by atoms with Crippen molar-refractivity contribution in [2.75, 3.05) is 6.54 Å². The lowest BCUT2D eigenvalue weighted by atomic mass is 9.68. The SMILES string of the molecule is CC(C)(C)C1(CCC2CCCCC2)CCCN1. The Morgan fingerprint density at radius 1 is 1.06 bits per heavy atom. The fourth-order valence-electron chi connectivity index (χ4n) is 3.96. The fraction of sp³-hybridized carbons (Fsp3) is 1.00. The highest BCUT2D eigenvalue weighted by atomic mass is 15.0. The van der Waals surface area contributed by atoms with Crippen molar-refractivity contribution < 1.29 is 0 Å². The van der Waals surface area contributed by atoms with Gasteiger partial charge in [-0.2, -0.15) is 0 Å². The van der Waals surface area contributed by atoms with Crippen LogP contribution in [0.5, 0.6) is 0 Å². The molecule has 1 heteroatoms. The average molecular weight is 237 g/mol. The molecular weight excluding hydrogens is 206 g/mol. The van der Waals surface area contributed by atoms with Gasteiger partial charge in [-0.15, -0.1) is 0 Å². The summed E-state index contributed by atoms with van der Waals surface area (Å²) >= 11 is 0. The average Bonchev–Trinajstić information content (AvgIpc) is 2.77. The summed E-state index contributed by atoms with van der Waals surface area (Å²) in [4.78, 5) is 0. The van der Waals surface area contributed by atoms with Gasteiger partial charge >= 0.3 is 0 Å². The highest BCUT2D eigenvalue weighted by molar-refractivity contribution is 5.01. The molecule has 0 amide bonds. The molecule has 0 spiro atoms. The molecule has 17 heavy (non-hydrogen) atoms. The molecule has 0 aromatic rings. The van der Waals surface area contributed by atoms with Gasteiger partial charge in [0.15, 0.2) is 0 Å². The zero-order chi connectivity index (χ0) is 12.4. The van der Waals surface area contributed by atoms with Gasteiger partial charge in [-0.3, -0.25) is 0 Å². The number of nitrogens with one attached hydrogen (secondary N) is 1. The number of rotatable bonds is 3. The third kappa shape index (κ3) is 3.05. The third-order valence-electron chi connectivity index (χ3n) is 5.38. The lowest BCUT2D eigenvalue weighted by molar-refractivity contribution is 0.132. The van der Waals surface area contributed by atoms with Gasteiger partial charge in [0.1, 0.15) is 0 Å². The van der Waals surface area contributed by atoms with E-state index in [9.17, 15) is 0 Å². The molecule has 2 rings (SSSR count). The van der Waals surface area contributed by atoms with E-state index in [2.05, 4.69) is 26.1 Å². The van der Waals surface area contributed by atoms with Gasteiger partial charge in [-0.05, 0) is 43.6 Å². The predicted octanol–water partition coefficient (Wildman–Crippen LogP) is 4.52. The Morgan fingerprint density at radius 2 is 1.76 bits per heavy atom. The van der Waals surface area contributed by atoms with Crippen molar-refractivity contribution in [2.45, 2.75) is 84.1 Å². The minimum Gasteiger partial charge on any atom is -0.311 e. The lowest BCUT2D eigenvalue weighted by Gasteiger charge is -2.43. The number of hydrogen-bond acceptors (Lipinski definition) is 1. The van der Waals surface area contributed by atoms with E-state index in [1.807, 2.05) is 0 Å². The molecule has 1 saturated carbocycles. The molecule has 1 nitrogen and oxygen atoms in total. The van der Waals surface area contributed by atoms with Gasteiger partial charge in [0, 0.05) is 5.54 Å². The van der Waals surface area contributed by atoms with Crippen LogP contribution in [0.3, 0.4) is 0 Å². The van der Waals surface area contributed by atoms with Crippen LogP contribution in [0.15, 0.2) is 0 Å². The maximum Gasteiger partial charge on any atom is 0.0230 e. The highest BCUT2D eigenvalue weighted by Crippen LogP contribution is 2.42. The van der Waals surface area contributed by atoms with Crippen LogP contribution in [0.1, 0.15) is 78.6 Å². The molecule has 2 aliphatic rings. The van der Waals surface area contributed by atoms with Crippen molar-refractivity contribution in [3.8, 4) is 0 Å². The fourth-order valence-corrected chi connectivity index (χ4v) is 3.96. The Morgan fingerprint density at radius 3 is 2.29 bits per heavy atom. The van der Waals surface area contributed by atoms with E-state index in [1.165, 1.54) is 64.3 Å². The Balaban J connectivity index is 1.89. The van der Waals surface area contributed by atoms with Crippen LogP contribution < -0.4 is 5.32 Å². The molecule has 1 aliphatic carbocycles. The van der Waals surface area contributed by atoms with Crippen molar-refractivity contribution >= 4 is 0 Å². The molecule has 0 radical (unpaired) electrons. The zero-order valence-electron chi connectivity index (χ0n) is 12.1. The van der Waals surface area contributed by atoms with Gasteiger partial charge in [0.25, 0.3) is 0 Å². The van der Waals surface area contributed by atoms with E-state index in [0.29, 0.717) is 11.0 Å². The Labute approximate surface area is 108 Å². The van der Waals surface area contributed by atoms with E-state index >= 15 is 0 Å². The van der Waals surface area contributed by atoms with Gasteiger partial charge in [0.05, 0.1) is 0 Å². The molecule has 0 aromatic carbocycles. The van der Waals surface area contributed by atoms with Crippen molar-refractivity contribution in [1.82, 2.24) is 5.32 Å². The first-order valence-electron chi connectivity index (χ1n) is 7.79. The first-order valence-corrected chi connectivity index (χ1v) is 7.79. The molecule has 2 fully saturated rings. The second kappa shape index (κ2) is 5.30. The summed E-state index contributed by atoms with van der Waals surface area (Å²) in [5.74, 6) is 1.03. The largest absolute Gasteiger partial charge is 0.311 e. The minimum absolute atomic E-state index is 0.415. The first kappa shape index (κ1) is 13.4. The minimum atomic E-state index is 0.415. The standard InChI is InChI=1S/C16H31N/c1-15(2,3)16(11-7-13-17-16)12-10-14-8-5-4-6-9-14/h14,17H,4-13H2,1-3H3. The summed E-state index contributed by atoms with van der Waals surface area (Å²) in [5, 5.41) is 3.85. The summed E-state index contributed by atoms with van der Waals surface area (Å²) in [6.45, 7) is 8.51. The van der Waals surface area contributed by atoms with Crippen molar-refractivity contribution in [3.05, 3.63) is 0 Å². The third-order valence-corrected chi connectivity index (χ3v) is 5.38. The topological polar surface area (TPSA) is 12.0 Å². The van der Waals surface area contributed by atoms with Crippen molar-refractivity contribution in [2.24, 2.45) is 11.3 Å². The van der Waals surface area contributed by atoms with Crippen LogP contribution in [0, 0.1) is 11.3 Å². The second-order valence-electron chi connectivity index (χ2n) is 7.41. The summed E-state index contributed by atoms with van der Waals surface area (Å²) in [5.41, 5.74) is 0.850. The lowest BCUT2D eigenvalue weighted by Crippen LogP contribution is -2.51. The van der Waals surface area contributed by atoms with E-state index < -0.39 is 0 Å². The van der Waals surface area contributed by atoms with Crippen molar-refractivity contribution in [3.63, 3.8) is 0 Å². The van der Waals surface area contributed by atoms with Crippen LogP contribution in [-0.4, -0.2) is 12.1 Å². The summed E-state index contributed by atoms with van der Waals surface area (Å²) in [7, 11) is 0. The zero-order valence-corrected chi connectivity index (χ0v) is 12.1. The molecule has 1 saturated heterocycles. The van der Waals surface area contributed by atoms with E-state index in [-0.39, 0.29) is 0 Å². The van der Waals surface area contributed by atoms with Crippen LogP contribution >= 0.6 is 0 Å². The Hall–Kier alpha value is -0.0400. The molecule has 1 unspecified atom stereocenters. The summed E-state index contributed by atoms with van der Waals surface area (Å²) in [6.07, 6.45) is 13.1. The quantitative estimate of drug-likeness (QED) is 0.761. The van der Waals surface area contributed by atoms with E-state index in [0.717, 1.165) is 5.92 Å². The molecule has 1 N–H and O–H groups in total. The van der Waals surface area contributed by atoms with Gasteiger partial charge in [0.2, 0.25) is 0 Å². The van der Waals surface area contributed by atoms with Crippen molar-refractivity contribution in [1.29, 1.82) is 0 Å². The second-order valence-corrected chi connectivity index (χ2v) is 7.41. The maximum absolute atomic E-state index is 3.85. The molecule has 0 bridgehead atoms. The van der Waals surface area contributed by atoms with E-state index in [1.54, 1.807) is 0 Å². The number of hydrogen-bond donors (Lipinski definition) is 1. The molecule has 1 aliphatic heterocycles. The van der Waals surface area contributed by atoms with Gasteiger partial charge < -0.3 is 5.32 Å². The summed E-state index contributed by atoms with van der Waals surface area (Å²) < 4.78 is 0. The predicted molar refractivity (Wildman–Crippen MR) is 75.2 cm³/mol. The summed E-state index contributed by atoms with van der Waals surface area (Å²) in [6, 6.07) is 0. The van der Waals surface area contributed by atoms with Crippen LogP contribution in [0.2, 0.25) is 0 Å². The monoisotopic (exact) mass is 237 g/mol. The smallest absolute Gasteiger partial charge is 0.0230 e. The normalized spacial score (nSPS) is 31.9. The Kier molecular flexibility index (Phi) is 4.18. The van der Waals surface area contributed by atoms with Crippen LogP contribution in [0.25, 0.3) is 0 Å². The molecule has 0 aromatic heterocycles. The Bertz CT molecular complexity index is 226. The first-order chi connectivity index (χ1) is 8.04. The van der Waals surface area contributed by atoms with Crippen LogP contribution in [-0.2, 0) is 0 Å². The van der Waals surface area contributed by atoms with Crippen LogP contribution in [0.4, 0.5) is 0 Å². The molecular formula is C16H31N. The van der Waals surface area contributed by atoms with E-state index in [4.69, 9.17) is 0 Å². The highest BCUT2D eigenvalue weighted by Gasteiger charge is 2.43. The maximum atomic E-state index is 3.85. The molecule has 100 valence electrons. The van der Waals surface area contributed by atoms with Gasteiger partial charge in [-0.1, -0.05) is 52.9 Å². The molecule has 1 heterocycles.